The van der Waals surface area contributed by atoms with Crippen LogP contribution in [0.3, 0.4) is 0 Å². The first kappa shape index (κ1) is 17.7. The maximum Gasteiger partial charge on any atom is 0.125 e. The van der Waals surface area contributed by atoms with Crippen LogP contribution in [0.4, 0.5) is 20.8 Å². The van der Waals surface area contributed by atoms with Crippen LogP contribution in [-0.2, 0) is 13.0 Å². The Morgan fingerprint density at radius 2 is 2.00 bits per heavy atom. The van der Waals surface area contributed by atoms with E-state index in [9.17, 15) is 9.50 Å². The maximum atomic E-state index is 13.8. The number of hydrogen-bond donors (Lipinski definition) is 2. The molecule has 4 rings (SSSR count). The van der Waals surface area contributed by atoms with Gasteiger partial charge in [-0.1, -0.05) is 6.92 Å². The summed E-state index contributed by atoms with van der Waals surface area (Å²) in [7, 11) is 0. The highest BCUT2D eigenvalue weighted by molar-refractivity contribution is 7.16. The predicted octanol–water partition coefficient (Wildman–Crippen LogP) is 3.04. The largest absolute Gasteiger partial charge is 0.395 e. The van der Waals surface area contributed by atoms with Gasteiger partial charge in [0.25, 0.3) is 0 Å². The minimum atomic E-state index is -0.219. The fraction of sp³-hybridized carbons (Fsp3) is 0.474. The Morgan fingerprint density at radius 1 is 1.19 bits per heavy atom. The first-order valence-corrected chi connectivity index (χ1v) is 10.0. The SMILES string of the molecule is CCc1cc2c(s1)N(N1CCN(CCO)CC1)c1ccc(F)cc1NC2. The summed E-state index contributed by atoms with van der Waals surface area (Å²) in [5, 5.41) is 18.5. The van der Waals surface area contributed by atoms with Gasteiger partial charge in [-0.2, -0.15) is 0 Å². The molecule has 7 heteroatoms. The minimum Gasteiger partial charge on any atom is -0.395 e. The summed E-state index contributed by atoms with van der Waals surface area (Å²) >= 11 is 1.83. The molecular formula is C19H25FN4OS. The lowest BCUT2D eigenvalue weighted by Gasteiger charge is -2.41. The molecule has 3 heterocycles. The van der Waals surface area contributed by atoms with E-state index < -0.39 is 0 Å². The molecule has 0 saturated carbocycles. The van der Waals surface area contributed by atoms with Gasteiger partial charge in [0.2, 0.25) is 0 Å². The third-order valence-electron chi connectivity index (χ3n) is 5.08. The molecule has 0 radical (unpaired) electrons. The van der Waals surface area contributed by atoms with Crippen molar-refractivity contribution in [3.8, 4) is 0 Å². The van der Waals surface area contributed by atoms with E-state index in [-0.39, 0.29) is 12.4 Å². The average molecular weight is 377 g/mol. The smallest absolute Gasteiger partial charge is 0.125 e. The molecule has 2 N–H and O–H groups in total. The van der Waals surface area contributed by atoms with Crippen LogP contribution in [0.15, 0.2) is 24.3 Å². The van der Waals surface area contributed by atoms with Crippen LogP contribution in [0.25, 0.3) is 0 Å². The summed E-state index contributed by atoms with van der Waals surface area (Å²) < 4.78 is 13.8. The van der Waals surface area contributed by atoms with E-state index in [0.717, 1.165) is 50.5 Å². The van der Waals surface area contributed by atoms with E-state index in [1.54, 1.807) is 6.07 Å². The monoisotopic (exact) mass is 376 g/mol. The number of nitrogens with zero attached hydrogens (tertiary/aromatic N) is 3. The Balaban J connectivity index is 1.71. The summed E-state index contributed by atoms with van der Waals surface area (Å²) in [5.74, 6) is -0.219. The van der Waals surface area contributed by atoms with Crippen molar-refractivity contribution in [1.29, 1.82) is 0 Å². The van der Waals surface area contributed by atoms with Gasteiger partial charge >= 0.3 is 0 Å². The van der Waals surface area contributed by atoms with E-state index in [0.29, 0.717) is 6.54 Å². The number of aliphatic hydroxyl groups is 1. The highest BCUT2D eigenvalue weighted by atomic mass is 32.1. The zero-order valence-corrected chi connectivity index (χ0v) is 15.9. The number of nitrogens with one attached hydrogen (secondary N) is 1. The molecule has 0 bridgehead atoms. The van der Waals surface area contributed by atoms with Crippen LogP contribution in [0.5, 0.6) is 0 Å². The molecule has 1 aromatic carbocycles. The van der Waals surface area contributed by atoms with Crippen molar-refractivity contribution >= 4 is 27.7 Å². The number of hydrogen-bond acceptors (Lipinski definition) is 6. The Morgan fingerprint density at radius 3 is 2.73 bits per heavy atom. The number of aliphatic hydroxyl groups excluding tert-OH is 1. The predicted molar refractivity (Wildman–Crippen MR) is 105 cm³/mol. The molecule has 1 saturated heterocycles. The first-order valence-electron chi connectivity index (χ1n) is 9.22. The molecule has 140 valence electrons. The van der Waals surface area contributed by atoms with Gasteiger partial charge in [-0.15, -0.1) is 11.3 Å². The standard InChI is InChI=1S/C19H25FN4OS/c1-2-16-11-14-13-21-17-12-15(20)3-4-18(17)24(19(14)26-16)23-7-5-22(6-8-23)9-10-25/h3-4,11-12,21,25H,2,5-10,13H2,1H3. The van der Waals surface area contributed by atoms with Gasteiger partial charge in [0, 0.05) is 49.7 Å². The molecule has 5 nitrogen and oxygen atoms in total. The number of hydrazine groups is 1. The summed E-state index contributed by atoms with van der Waals surface area (Å²) in [4.78, 5) is 3.65. The third kappa shape index (κ3) is 3.32. The van der Waals surface area contributed by atoms with Crippen LogP contribution < -0.4 is 10.3 Å². The molecule has 2 aliphatic heterocycles. The van der Waals surface area contributed by atoms with Crippen molar-refractivity contribution in [2.75, 3.05) is 49.7 Å². The van der Waals surface area contributed by atoms with E-state index in [1.807, 2.05) is 17.4 Å². The number of thiophene rings is 1. The fourth-order valence-corrected chi connectivity index (χ4v) is 4.83. The number of anilines is 3. The summed E-state index contributed by atoms with van der Waals surface area (Å²) in [6.45, 7) is 7.42. The highest BCUT2D eigenvalue weighted by Gasteiger charge is 2.30. The molecule has 1 fully saturated rings. The zero-order valence-electron chi connectivity index (χ0n) is 15.0. The van der Waals surface area contributed by atoms with E-state index in [2.05, 4.69) is 33.2 Å². The highest BCUT2D eigenvalue weighted by Crippen LogP contribution is 2.44. The number of benzene rings is 1. The van der Waals surface area contributed by atoms with Crippen LogP contribution in [0, 0.1) is 5.82 Å². The van der Waals surface area contributed by atoms with Crippen LogP contribution in [0.2, 0.25) is 0 Å². The van der Waals surface area contributed by atoms with Gasteiger partial charge in [-0.05, 0) is 30.7 Å². The number of rotatable bonds is 4. The first-order chi connectivity index (χ1) is 12.7. The molecule has 0 aliphatic carbocycles. The second-order valence-corrected chi connectivity index (χ2v) is 7.86. The van der Waals surface area contributed by atoms with Gasteiger partial charge in [-0.25, -0.2) is 9.40 Å². The molecule has 0 atom stereocenters. The number of piperazine rings is 1. The van der Waals surface area contributed by atoms with Gasteiger partial charge in [-0.3, -0.25) is 9.91 Å². The Labute approximate surface area is 157 Å². The van der Waals surface area contributed by atoms with Gasteiger partial charge < -0.3 is 10.4 Å². The number of β-amino-alcohol motifs (C(OH)–C–C–N with tert-alkyl or cyclic N) is 1. The topological polar surface area (TPSA) is 42.0 Å². The Hall–Kier alpha value is -1.67. The quantitative estimate of drug-likeness (QED) is 0.859. The maximum absolute atomic E-state index is 13.8. The van der Waals surface area contributed by atoms with Gasteiger partial charge in [0.1, 0.15) is 10.8 Å². The van der Waals surface area contributed by atoms with E-state index in [4.69, 9.17) is 0 Å². The van der Waals surface area contributed by atoms with Crippen LogP contribution in [0.1, 0.15) is 17.4 Å². The molecule has 0 spiro atoms. The average Bonchev–Trinajstić information content (AvgIpc) is 3.00. The van der Waals surface area contributed by atoms with E-state index >= 15 is 0 Å². The molecule has 26 heavy (non-hydrogen) atoms. The van der Waals surface area contributed by atoms with Crippen molar-refractivity contribution in [3.05, 3.63) is 40.5 Å². The lowest BCUT2D eigenvalue weighted by Crippen LogP contribution is -2.52. The van der Waals surface area contributed by atoms with Gasteiger partial charge in [0.15, 0.2) is 0 Å². The van der Waals surface area contributed by atoms with Crippen molar-refractivity contribution < 1.29 is 9.50 Å². The van der Waals surface area contributed by atoms with Crippen molar-refractivity contribution in [3.63, 3.8) is 0 Å². The zero-order chi connectivity index (χ0) is 18.1. The number of fused-ring (bicyclic) bond motifs is 2. The normalized spacial score (nSPS) is 18.2. The fourth-order valence-electron chi connectivity index (χ4n) is 3.67. The van der Waals surface area contributed by atoms with Crippen molar-refractivity contribution in [2.24, 2.45) is 0 Å². The second kappa shape index (κ2) is 7.52. The summed E-state index contributed by atoms with van der Waals surface area (Å²) in [6.07, 6.45) is 1.02. The van der Waals surface area contributed by atoms with Gasteiger partial charge in [0.05, 0.1) is 18.0 Å². The lowest BCUT2D eigenvalue weighted by atomic mass is 10.2. The van der Waals surface area contributed by atoms with Crippen molar-refractivity contribution in [1.82, 2.24) is 9.91 Å². The minimum absolute atomic E-state index is 0.199. The van der Waals surface area contributed by atoms with Crippen LogP contribution >= 0.6 is 11.3 Å². The molecule has 0 amide bonds. The molecule has 0 unspecified atom stereocenters. The second-order valence-electron chi connectivity index (χ2n) is 6.74. The van der Waals surface area contributed by atoms with Crippen molar-refractivity contribution in [2.45, 2.75) is 19.9 Å². The molecule has 2 aliphatic rings. The Kier molecular flexibility index (Phi) is 5.13. The molecule has 2 aromatic rings. The van der Waals surface area contributed by atoms with Crippen LogP contribution in [-0.4, -0.2) is 54.3 Å². The molecular weight excluding hydrogens is 351 g/mol. The Bertz CT molecular complexity index is 773. The lowest BCUT2D eigenvalue weighted by molar-refractivity contribution is 0.113. The number of halogens is 1. The summed E-state index contributed by atoms with van der Waals surface area (Å²) in [5.41, 5.74) is 3.11. The number of aryl methyl sites for hydroxylation is 1. The van der Waals surface area contributed by atoms with E-state index in [1.165, 1.54) is 21.5 Å². The third-order valence-corrected chi connectivity index (χ3v) is 6.38. The summed E-state index contributed by atoms with van der Waals surface area (Å²) in [6, 6.07) is 7.26. The molecule has 1 aromatic heterocycles.